The summed E-state index contributed by atoms with van der Waals surface area (Å²) < 4.78 is 24.7. The summed E-state index contributed by atoms with van der Waals surface area (Å²) in [7, 11) is -3.67. The number of hydrogen-bond acceptors (Lipinski definition) is 4. The van der Waals surface area contributed by atoms with Crippen LogP contribution in [0.2, 0.25) is 5.02 Å². The molecule has 1 aliphatic rings. The van der Waals surface area contributed by atoms with Crippen LogP contribution in [-0.4, -0.2) is 26.0 Å². The fourth-order valence-electron chi connectivity index (χ4n) is 2.78. The van der Waals surface area contributed by atoms with Crippen LogP contribution >= 0.6 is 11.6 Å². The first-order valence-electron chi connectivity index (χ1n) is 8.01. The minimum absolute atomic E-state index is 0.0587. The van der Waals surface area contributed by atoms with Gasteiger partial charge in [-0.3, -0.25) is 9.59 Å². The van der Waals surface area contributed by atoms with Crippen molar-refractivity contribution < 1.29 is 18.0 Å². The Morgan fingerprint density at radius 1 is 1.19 bits per heavy atom. The van der Waals surface area contributed by atoms with E-state index < -0.39 is 15.9 Å². The van der Waals surface area contributed by atoms with Crippen LogP contribution in [-0.2, 0) is 14.8 Å². The molecule has 0 unspecified atom stereocenters. The monoisotopic (exact) mass is 392 g/mol. The van der Waals surface area contributed by atoms with E-state index in [1.54, 1.807) is 0 Å². The fraction of sp³-hybridized carbons (Fsp3) is 0.222. The number of benzene rings is 2. The van der Waals surface area contributed by atoms with Gasteiger partial charge < -0.3 is 5.32 Å². The van der Waals surface area contributed by atoms with Crippen molar-refractivity contribution in [3.63, 3.8) is 0 Å². The van der Waals surface area contributed by atoms with Crippen molar-refractivity contribution in [2.24, 2.45) is 0 Å². The van der Waals surface area contributed by atoms with E-state index in [4.69, 9.17) is 11.6 Å². The molecule has 0 spiro atoms. The summed E-state index contributed by atoms with van der Waals surface area (Å²) in [5.41, 5.74) is 1.30. The maximum Gasteiger partial charge on any atom is 0.253 e. The van der Waals surface area contributed by atoms with E-state index in [1.807, 2.05) is 37.3 Å². The molecule has 3 rings (SSSR count). The average Bonchev–Trinajstić information content (AvgIpc) is 2.88. The lowest BCUT2D eigenvalue weighted by Crippen LogP contribution is -2.30. The zero-order valence-electron chi connectivity index (χ0n) is 14.0. The van der Waals surface area contributed by atoms with Crippen molar-refractivity contribution >= 4 is 39.1 Å². The molecule has 1 saturated heterocycles. The molecule has 0 aromatic heterocycles. The predicted octanol–water partition coefficient (Wildman–Crippen LogP) is 2.90. The van der Waals surface area contributed by atoms with Crippen LogP contribution in [0.5, 0.6) is 0 Å². The number of nitrogens with zero attached hydrogens (tertiary/aromatic N) is 1. The third-order valence-electron chi connectivity index (χ3n) is 4.16. The summed E-state index contributed by atoms with van der Waals surface area (Å²) in [4.78, 5) is 24.3. The Bertz CT molecular complexity index is 960. The summed E-state index contributed by atoms with van der Waals surface area (Å²) in [5, 5.41) is 2.92. The molecule has 2 aromatic carbocycles. The average molecular weight is 393 g/mol. The quantitative estimate of drug-likeness (QED) is 0.867. The number of sulfonamides is 1. The molecular formula is C18H17ClN2O4S. The normalized spacial score (nSPS) is 17.2. The molecular weight excluding hydrogens is 376 g/mol. The predicted molar refractivity (Wildman–Crippen MR) is 99.7 cm³/mol. The zero-order chi connectivity index (χ0) is 18.9. The lowest BCUT2D eigenvalue weighted by Gasteiger charge is -2.17. The third kappa shape index (κ3) is 3.59. The van der Waals surface area contributed by atoms with E-state index in [0.717, 1.165) is 9.87 Å². The number of carbonyl (C=O) groups excluding carboxylic acids is 2. The Labute approximate surface area is 156 Å². The number of halogens is 1. The lowest BCUT2D eigenvalue weighted by molar-refractivity contribution is -0.116. The van der Waals surface area contributed by atoms with Gasteiger partial charge in [-0.25, -0.2) is 12.7 Å². The SMILES string of the molecule is C[C@@H](NC(=O)c1ccc(N2C(=O)CCS2(=O)=O)cc1Cl)c1ccccc1. The van der Waals surface area contributed by atoms with Crippen LogP contribution in [0.15, 0.2) is 48.5 Å². The van der Waals surface area contributed by atoms with Gasteiger partial charge in [0.15, 0.2) is 0 Å². The Balaban J connectivity index is 1.82. The second-order valence-corrected chi connectivity index (χ2v) is 8.34. The second kappa shape index (κ2) is 7.09. The largest absolute Gasteiger partial charge is 0.345 e. The van der Waals surface area contributed by atoms with Crippen molar-refractivity contribution in [2.45, 2.75) is 19.4 Å². The van der Waals surface area contributed by atoms with E-state index in [-0.39, 0.29) is 40.4 Å². The van der Waals surface area contributed by atoms with Gasteiger partial charge >= 0.3 is 0 Å². The molecule has 0 aliphatic carbocycles. The molecule has 6 nitrogen and oxygen atoms in total. The molecule has 1 aliphatic heterocycles. The number of amides is 2. The van der Waals surface area contributed by atoms with Gasteiger partial charge in [-0.15, -0.1) is 0 Å². The maximum absolute atomic E-state index is 12.5. The summed E-state index contributed by atoms with van der Waals surface area (Å²) in [6.45, 7) is 1.85. The van der Waals surface area contributed by atoms with Crippen molar-refractivity contribution in [3.8, 4) is 0 Å². The van der Waals surface area contributed by atoms with E-state index in [9.17, 15) is 18.0 Å². The number of nitrogens with one attached hydrogen (secondary N) is 1. The van der Waals surface area contributed by atoms with Crippen LogP contribution < -0.4 is 9.62 Å². The van der Waals surface area contributed by atoms with E-state index >= 15 is 0 Å². The molecule has 1 atom stereocenters. The standard InChI is InChI=1S/C18H17ClN2O4S/c1-12(13-5-3-2-4-6-13)20-18(23)15-8-7-14(11-16(15)19)21-17(22)9-10-26(21,24)25/h2-8,11-12H,9-10H2,1H3,(H,20,23)/t12-/m1/s1. The van der Waals surface area contributed by atoms with Gasteiger partial charge in [0, 0.05) is 6.42 Å². The number of carbonyl (C=O) groups is 2. The zero-order valence-corrected chi connectivity index (χ0v) is 15.5. The first-order chi connectivity index (χ1) is 12.3. The first kappa shape index (κ1) is 18.4. The number of rotatable bonds is 4. The molecule has 0 saturated carbocycles. The molecule has 26 heavy (non-hydrogen) atoms. The van der Waals surface area contributed by atoms with Crippen molar-refractivity contribution in [1.82, 2.24) is 5.32 Å². The Morgan fingerprint density at radius 2 is 1.88 bits per heavy atom. The van der Waals surface area contributed by atoms with E-state index in [1.165, 1.54) is 18.2 Å². The molecule has 1 N–H and O–H groups in total. The number of hydrogen-bond donors (Lipinski definition) is 1. The molecule has 1 fully saturated rings. The topological polar surface area (TPSA) is 83.6 Å². The minimum Gasteiger partial charge on any atom is -0.345 e. The molecule has 2 amide bonds. The lowest BCUT2D eigenvalue weighted by atomic mass is 10.1. The Hall–Kier alpha value is -2.38. The van der Waals surface area contributed by atoms with Crippen molar-refractivity contribution in [2.75, 3.05) is 10.1 Å². The van der Waals surface area contributed by atoms with Crippen LogP contribution in [0.3, 0.4) is 0 Å². The highest BCUT2D eigenvalue weighted by atomic mass is 35.5. The molecule has 136 valence electrons. The Kier molecular flexibility index (Phi) is 5.02. The first-order valence-corrected chi connectivity index (χ1v) is 9.99. The fourth-order valence-corrected chi connectivity index (χ4v) is 4.49. The van der Waals surface area contributed by atoms with Crippen molar-refractivity contribution in [3.05, 3.63) is 64.7 Å². The highest BCUT2D eigenvalue weighted by molar-refractivity contribution is 7.94. The smallest absolute Gasteiger partial charge is 0.253 e. The summed E-state index contributed by atoms with van der Waals surface area (Å²) in [5.74, 6) is -1.11. The van der Waals surface area contributed by atoms with Crippen LogP contribution in [0, 0.1) is 0 Å². The highest BCUT2D eigenvalue weighted by Gasteiger charge is 2.36. The minimum atomic E-state index is -3.67. The van der Waals surface area contributed by atoms with Gasteiger partial charge in [-0.1, -0.05) is 41.9 Å². The third-order valence-corrected chi connectivity index (χ3v) is 6.16. The van der Waals surface area contributed by atoms with E-state index in [0.29, 0.717) is 0 Å². The van der Waals surface area contributed by atoms with Crippen molar-refractivity contribution in [1.29, 1.82) is 0 Å². The van der Waals surface area contributed by atoms with Gasteiger partial charge in [-0.2, -0.15) is 0 Å². The maximum atomic E-state index is 12.5. The Morgan fingerprint density at radius 3 is 2.46 bits per heavy atom. The molecule has 2 aromatic rings. The van der Waals surface area contributed by atoms with Gasteiger partial charge in [-0.05, 0) is 30.7 Å². The summed E-state index contributed by atoms with van der Waals surface area (Å²) >= 11 is 6.18. The van der Waals surface area contributed by atoms with Gasteiger partial charge in [0.25, 0.3) is 5.91 Å². The molecule has 0 radical (unpaired) electrons. The van der Waals surface area contributed by atoms with Gasteiger partial charge in [0.2, 0.25) is 15.9 Å². The van der Waals surface area contributed by atoms with Gasteiger partial charge in [0.05, 0.1) is 28.1 Å². The highest BCUT2D eigenvalue weighted by Crippen LogP contribution is 2.29. The van der Waals surface area contributed by atoms with Crippen LogP contribution in [0.1, 0.15) is 35.3 Å². The molecule has 0 bridgehead atoms. The number of anilines is 1. The second-order valence-electron chi connectivity index (χ2n) is 5.99. The summed E-state index contributed by atoms with van der Waals surface area (Å²) in [6.07, 6.45) is -0.0587. The van der Waals surface area contributed by atoms with E-state index in [2.05, 4.69) is 5.32 Å². The molecule has 8 heteroatoms. The van der Waals surface area contributed by atoms with Gasteiger partial charge in [0.1, 0.15) is 0 Å². The van der Waals surface area contributed by atoms with Crippen LogP contribution in [0.25, 0.3) is 0 Å². The molecule has 1 heterocycles. The summed E-state index contributed by atoms with van der Waals surface area (Å²) in [6, 6.07) is 13.4. The van der Waals surface area contributed by atoms with Crippen LogP contribution in [0.4, 0.5) is 5.69 Å².